The molecule has 2 bridgehead atoms. The minimum absolute atomic E-state index is 0.506. The van der Waals surface area contributed by atoms with Gasteiger partial charge in [0.05, 0.1) is 7.11 Å². The van der Waals surface area contributed by atoms with Crippen molar-refractivity contribution in [2.45, 2.75) is 37.9 Å². The number of piperidine rings is 1. The van der Waals surface area contributed by atoms with Crippen LogP contribution in [0.15, 0.2) is 48.8 Å². The molecule has 0 radical (unpaired) electrons. The lowest BCUT2D eigenvalue weighted by Gasteiger charge is -2.35. The lowest BCUT2D eigenvalue weighted by atomic mass is 9.99. The van der Waals surface area contributed by atoms with Gasteiger partial charge >= 0.3 is 0 Å². The zero-order chi connectivity index (χ0) is 16.4. The smallest absolute Gasteiger partial charge is 0.119 e. The van der Waals surface area contributed by atoms with Crippen molar-refractivity contribution in [1.82, 2.24) is 9.88 Å². The monoisotopic (exact) mass is 324 g/mol. The summed E-state index contributed by atoms with van der Waals surface area (Å²) in [5, 5.41) is 0. The van der Waals surface area contributed by atoms with Crippen LogP contribution in [-0.2, 0) is 6.54 Å². The highest BCUT2D eigenvalue weighted by Crippen LogP contribution is 2.43. The first-order chi connectivity index (χ1) is 11.8. The molecule has 3 atom stereocenters. The van der Waals surface area contributed by atoms with E-state index < -0.39 is 0 Å². The Morgan fingerprint density at radius 1 is 1.12 bits per heavy atom. The van der Waals surface area contributed by atoms with Crippen molar-refractivity contribution >= 4 is 0 Å². The summed E-state index contributed by atoms with van der Waals surface area (Å²) < 4.78 is 11.3. The fourth-order valence-electron chi connectivity index (χ4n) is 4.22. The number of aromatic nitrogens is 1. The van der Waals surface area contributed by atoms with Gasteiger partial charge in [0.25, 0.3) is 0 Å². The van der Waals surface area contributed by atoms with Crippen LogP contribution in [0, 0.1) is 5.92 Å². The number of hydrogen-bond acceptors (Lipinski definition) is 4. The number of likely N-dealkylation sites (tertiary alicyclic amines) is 1. The van der Waals surface area contributed by atoms with Crippen molar-refractivity contribution in [3.05, 3.63) is 54.4 Å². The van der Waals surface area contributed by atoms with Crippen molar-refractivity contribution in [1.29, 1.82) is 0 Å². The van der Waals surface area contributed by atoms with E-state index in [0.717, 1.165) is 30.6 Å². The quantitative estimate of drug-likeness (QED) is 0.814. The van der Waals surface area contributed by atoms with Crippen molar-refractivity contribution in [2.24, 2.45) is 5.92 Å². The molecule has 1 aliphatic carbocycles. The summed E-state index contributed by atoms with van der Waals surface area (Å²) in [6, 6.07) is 13.3. The first-order valence-corrected chi connectivity index (χ1v) is 8.75. The normalized spacial score (nSPS) is 25.8. The second-order valence-electron chi connectivity index (χ2n) is 6.81. The number of nitrogens with zero attached hydrogens (tertiary/aromatic N) is 2. The van der Waals surface area contributed by atoms with Gasteiger partial charge in [0.1, 0.15) is 18.1 Å². The minimum Gasteiger partial charge on any atom is -0.497 e. The van der Waals surface area contributed by atoms with Crippen LogP contribution >= 0.6 is 0 Å². The lowest BCUT2D eigenvalue weighted by Crippen LogP contribution is -2.43. The molecular weight excluding hydrogens is 300 g/mol. The average molecular weight is 324 g/mol. The third kappa shape index (κ3) is 3.11. The Hall–Kier alpha value is -2.07. The van der Waals surface area contributed by atoms with E-state index in [1.165, 1.54) is 24.8 Å². The number of pyridine rings is 1. The van der Waals surface area contributed by atoms with Crippen LogP contribution in [0.1, 0.15) is 24.8 Å². The largest absolute Gasteiger partial charge is 0.497 e. The second kappa shape index (κ2) is 6.81. The molecule has 0 N–H and O–H groups in total. The molecule has 1 saturated carbocycles. The molecule has 0 spiro atoms. The fraction of sp³-hybridized carbons (Fsp3) is 0.450. The summed E-state index contributed by atoms with van der Waals surface area (Å²) in [5.41, 5.74) is 1.29. The third-order valence-electron chi connectivity index (χ3n) is 5.45. The molecule has 0 unspecified atom stereocenters. The van der Waals surface area contributed by atoms with E-state index in [1.54, 1.807) is 7.11 Å². The summed E-state index contributed by atoms with van der Waals surface area (Å²) in [6.45, 7) is 1.74. The number of methoxy groups -OCH3 is 1. The van der Waals surface area contributed by atoms with Gasteiger partial charge in [0.15, 0.2) is 0 Å². The third-order valence-corrected chi connectivity index (χ3v) is 5.45. The maximum atomic E-state index is 6.10. The first-order valence-electron chi connectivity index (χ1n) is 8.75. The Labute approximate surface area is 143 Å². The molecule has 24 heavy (non-hydrogen) atoms. The van der Waals surface area contributed by atoms with Gasteiger partial charge in [-0.05, 0) is 61.1 Å². The molecule has 4 heteroatoms. The summed E-state index contributed by atoms with van der Waals surface area (Å²) in [5.74, 6) is 2.55. The summed E-state index contributed by atoms with van der Waals surface area (Å²) in [4.78, 5) is 6.89. The Bertz CT molecular complexity index is 659. The van der Waals surface area contributed by atoms with E-state index in [4.69, 9.17) is 9.47 Å². The predicted octanol–water partition coefficient (Wildman–Crippen LogP) is 3.52. The molecule has 4 rings (SSSR count). The van der Waals surface area contributed by atoms with Crippen LogP contribution < -0.4 is 9.47 Å². The number of ether oxygens (including phenoxy) is 2. The van der Waals surface area contributed by atoms with E-state index in [1.807, 2.05) is 42.7 Å². The lowest BCUT2D eigenvalue weighted by molar-refractivity contribution is 0.0866. The summed E-state index contributed by atoms with van der Waals surface area (Å²) in [6.07, 6.45) is 7.79. The first kappa shape index (κ1) is 15.5. The van der Waals surface area contributed by atoms with Gasteiger partial charge in [0, 0.05) is 31.0 Å². The molecular formula is C20H24N2O2. The number of benzene rings is 1. The average Bonchev–Trinajstić information content (AvgIpc) is 3.23. The highest BCUT2D eigenvalue weighted by atomic mass is 16.5. The Kier molecular flexibility index (Phi) is 4.39. The Morgan fingerprint density at radius 3 is 2.71 bits per heavy atom. The van der Waals surface area contributed by atoms with Gasteiger partial charge in [-0.3, -0.25) is 9.88 Å². The van der Waals surface area contributed by atoms with E-state index in [-0.39, 0.29) is 0 Å². The van der Waals surface area contributed by atoms with Crippen molar-refractivity contribution in [3.63, 3.8) is 0 Å². The topological polar surface area (TPSA) is 34.6 Å². The van der Waals surface area contributed by atoms with Crippen LogP contribution in [0.2, 0.25) is 0 Å². The van der Waals surface area contributed by atoms with E-state index in [9.17, 15) is 0 Å². The molecule has 1 aliphatic heterocycles. The summed E-state index contributed by atoms with van der Waals surface area (Å²) >= 11 is 0. The molecule has 0 amide bonds. The van der Waals surface area contributed by atoms with Crippen LogP contribution in [0.25, 0.3) is 0 Å². The maximum Gasteiger partial charge on any atom is 0.119 e. The molecule has 1 aromatic carbocycles. The predicted molar refractivity (Wildman–Crippen MR) is 93.2 cm³/mol. The van der Waals surface area contributed by atoms with Crippen molar-refractivity contribution in [3.8, 4) is 11.5 Å². The molecule has 4 nitrogen and oxygen atoms in total. The Balaban J connectivity index is 1.42. The zero-order valence-corrected chi connectivity index (χ0v) is 14.1. The number of fused-ring (bicyclic) bond motifs is 2. The number of rotatable bonds is 6. The molecule has 2 aliphatic rings. The molecule has 126 valence electrons. The van der Waals surface area contributed by atoms with Crippen LogP contribution in [0.3, 0.4) is 0 Å². The zero-order valence-electron chi connectivity index (χ0n) is 14.1. The Morgan fingerprint density at radius 2 is 1.96 bits per heavy atom. The second-order valence-corrected chi connectivity index (χ2v) is 6.81. The molecule has 2 fully saturated rings. The van der Waals surface area contributed by atoms with Gasteiger partial charge < -0.3 is 9.47 Å². The molecule has 2 aromatic rings. The minimum atomic E-state index is 0.506. The van der Waals surface area contributed by atoms with Gasteiger partial charge in [-0.2, -0.15) is 0 Å². The number of hydrogen-bond donors (Lipinski definition) is 0. The van der Waals surface area contributed by atoms with Crippen molar-refractivity contribution in [2.75, 3.05) is 13.7 Å². The van der Waals surface area contributed by atoms with Gasteiger partial charge in [-0.25, -0.2) is 0 Å². The van der Waals surface area contributed by atoms with Crippen LogP contribution in [0.5, 0.6) is 11.5 Å². The molecule has 1 aromatic heterocycles. The van der Waals surface area contributed by atoms with E-state index >= 15 is 0 Å². The summed E-state index contributed by atoms with van der Waals surface area (Å²) in [7, 11) is 1.68. The maximum absolute atomic E-state index is 6.10. The van der Waals surface area contributed by atoms with E-state index in [2.05, 4.69) is 16.0 Å². The van der Waals surface area contributed by atoms with Gasteiger partial charge in [-0.15, -0.1) is 0 Å². The fourth-order valence-corrected chi connectivity index (χ4v) is 4.22. The SMILES string of the molecule is COc1ccc(OC[C@H]2[C@H]3CC[C@H](C3)N2Cc2cccnc2)cc1. The molecule has 2 heterocycles. The van der Waals surface area contributed by atoms with Crippen molar-refractivity contribution < 1.29 is 9.47 Å². The van der Waals surface area contributed by atoms with Gasteiger partial charge in [0.2, 0.25) is 0 Å². The standard InChI is InChI=1S/C20H24N2O2/c1-23-18-6-8-19(9-7-18)24-14-20-16-4-5-17(11-16)22(20)13-15-3-2-10-21-12-15/h2-3,6-10,12,16-17,20H,4-5,11,13-14H2,1H3/t16-,17+,20-/m0/s1. The van der Waals surface area contributed by atoms with Crippen LogP contribution in [0.4, 0.5) is 0 Å². The van der Waals surface area contributed by atoms with Gasteiger partial charge in [-0.1, -0.05) is 6.07 Å². The molecule has 1 saturated heterocycles. The van der Waals surface area contributed by atoms with E-state index in [0.29, 0.717) is 12.1 Å². The highest BCUT2D eigenvalue weighted by molar-refractivity contribution is 5.31. The van der Waals surface area contributed by atoms with Crippen LogP contribution in [-0.4, -0.2) is 35.7 Å². The highest BCUT2D eigenvalue weighted by Gasteiger charge is 2.45.